The molecule has 0 saturated carbocycles. The summed E-state index contributed by atoms with van der Waals surface area (Å²) in [5, 5.41) is 15.3. The van der Waals surface area contributed by atoms with Crippen LogP contribution in [0.25, 0.3) is 99.5 Å². The average molecular weight is 1050 g/mol. The highest BCUT2D eigenvalue weighted by molar-refractivity contribution is 6.98. The SMILES string of the molecule is Cc1cccc2c1B(c1c(-n3c4ccc(-c5ccccc5)cc4c4cc(-c5ccccc5)ccc43)c(-n3c4ccc(-c5ccccc5)cc4c4cc(-c5ccccc5)ccc43)c(C#N)c3c1C(F)(F)CC3(F)F)c1c(C)cccc1C2. The van der Waals surface area contributed by atoms with E-state index >= 15 is 17.6 Å². The fourth-order valence-corrected chi connectivity index (χ4v) is 13.8. The first-order valence-electron chi connectivity index (χ1n) is 27.4. The molecule has 3 heterocycles. The molecular weight excluding hydrogens is 1010 g/mol. The number of nitrogens with zero attached hydrogens (tertiary/aromatic N) is 3. The van der Waals surface area contributed by atoms with E-state index in [9.17, 15) is 5.26 Å². The van der Waals surface area contributed by atoms with Gasteiger partial charge in [-0.2, -0.15) is 5.26 Å². The Morgan fingerprint density at radius 2 is 0.728 bits per heavy atom. The summed E-state index contributed by atoms with van der Waals surface area (Å²) in [6.45, 7) is 3.00. The Morgan fingerprint density at radius 1 is 0.383 bits per heavy atom. The lowest BCUT2D eigenvalue weighted by atomic mass is 9.31. The van der Waals surface area contributed by atoms with Crippen LogP contribution in [-0.2, 0) is 18.3 Å². The maximum Gasteiger partial charge on any atom is 0.281 e. The van der Waals surface area contributed by atoms with Gasteiger partial charge >= 0.3 is 0 Å². The van der Waals surface area contributed by atoms with E-state index < -0.39 is 41.7 Å². The minimum Gasteiger partial charge on any atom is -0.308 e. The molecule has 0 amide bonds. The summed E-state index contributed by atoms with van der Waals surface area (Å²) in [4.78, 5) is 0. The van der Waals surface area contributed by atoms with Crippen LogP contribution in [0.2, 0.25) is 0 Å². The molecule has 2 aromatic heterocycles. The van der Waals surface area contributed by atoms with Gasteiger partial charge in [0.15, 0.2) is 0 Å². The summed E-state index contributed by atoms with van der Waals surface area (Å²) in [6.07, 6.45) is -1.26. The molecule has 11 aromatic carbocycles. The van der Waals surface area contributed by atoms with Gasteiger partial charge in [-0.15, -0.1) is 0 Å². The monoisotopic (exact) mass is 1050 g/mol. The second-order valence-corrected chi connectivity index (χ2v) is 21.9. The highest BCUT2D eigenvalue weighted by Gasteiger charge is 2.61. The Kier molecular flexibility index (Phi) is 10.9. The van der Waals surface area contributed by atoms with E-state index in [1.165, 1.54) is 0 Å². The van der Waals surface area contributed by atoms with Gasteiger partial charge in [-0.3, -0.25) is 0 Å². The number of fused-ring (bicyclic) bond motifs is 9. The van der Waals surface area contributed by atoms with E-state index in [4.69, 9.17) is 0 Å². The second kappa shape index (κ2) is 18.2. The minimum atomic E-state index is -4.11. The molecule has 1 aliphatic heterocycles. The number of rotatable bonds is 7. The largest absolute Gasteiger partial charge is 0.308 e. The van der Waals surface area contributed by atoms with Gasteiger partial charge in [-0.1, -0.05) is 204 Å². The fourth-order valence-electron chi connectivity index (χ4n) is 13.8. The van der Waals surface area contributed by atoms with E-state index in [2.05, 4.69) is 78.9 Å². The van der Waals surface area contributed by atoms with Gasteiger partial charge in [0.2, 0.25) is 6.71 Å². The van der Waals surface area contributed by atoms with Gasteiger partial charge in [-0.25, -0.2) is 17.6 Å². The molecule has 15 rings (SSSR count). The van der Waals surface area contributed by atoms with E-state index in [0.717, 1.165) is 99.2 Å². The van der Waals surface area contributed by atoms with Crippen molar-refractivity contribution in [2.24, 2.45) is 0 Å². The Labute approximate surface area is 466 Å². The van der Waals surface area contributed by atoms with Crippen LogP contribution < -0.4 is 16.4 Å². The maximum absolute atomic E-state index is 18.2. The van der Waals surface area contributed by atoms with Crippen LogP contribution in [0.3, 0.4) is 0 Å². The summed E-state index contributed by atoms with van der Waals surface area (Å²) in [5.41, 5.74) is 13.6. The molecule has 386 valence electrons. The third kappa shape index (κ3) is 7.41. The summed E-state index contributed by atoms with van der Waals surface area (Å²) in [5.74, 6) is -8.19. The highest BCUT2D eigenvalue weighted by atomic mass is 19.3. The third-order valence-corrected chi connectivity index (χ3v) is 17.3. The molecule has 0 atom stereocenters. The van der Waals surface area contributed by atoms with Crippen molar-refractivity contribution >= 4 is 66.7 Å². The molecule has 8 heteroatoms. The first-order chi connectivity index (χ1) is 39.5. The van der Waals surface area contributed by atoms with Crippen LogP contribution in [-0.4, -0.2) is 15.8 Å². The molecule has 0 fully saturated rings. The summed E-state index contributed by atoms with van der Waals surface area (Å²) in [7, 11) is 0. The van der Waals surface area contributed by atoms with Crippen LogP contribution >= 0.6 is 0 Å². The van der Waals surface area contributed by atoms with Gasteiger partial charge in [0.1, 0.15) is 6.07 Å². The van der Waals surface area contributed by atoms with Gasteiger partial charge in [-0.05, 0) is 130 Å². The molecular formula is C73H48BF4N3. The van der Waals surface area contributed by atoms with Crippen molar-refractivity contribution in [3.05, 3.63) is 269 Å². The van der Waals surface area contributed by atoms with Gasteiger partial charge in [0.25, 0.3) is 11.8 Å². The van der Waals surface area contributed by atoms with Gasteiger partial charge in [0.05, 0.1) is 45.4 Å². The van der Waals surface area contributed by atoms with Crippen molar-refractivity contribution in [3.63, 3.8) is 0 Å². The standard InChI is InChI=1S/C73H48BF4N3/c1-44-17-15-27-54-37-55-28-16-18-45(2)68(55)74(67(44)54)69-66-65(72(75,76)43-73(66,77)78)60(42-79)70(80-61-33-29-50(46-19-7-3-8-20-46)38-56(61)57-39-51(30-34-62(57)80)47-21-9-4-10-22-47)71(69)81-63-35-31-52(48-23-11-5-12-24-48)40-58(63)59-41-53(32-36-64(59)81)49-25-13-6-14-26-49/h3-36,38-41H,37,43H2,1-2H3. The Balaban J connectivity index is 1.20. The quantitative estimate of drug-likeness (QED) is 0.116. The number of hydrogen-bond acceptors (Lipinski definition) is 1. The van der Waals surface area contributed by atoms with E-state index in [1.807, 2.05) is 181 Å². The summed E-state index contributed by atoms with van der Waals surface area (Å²) >= 11 is 0. The average Bonchev–Trinajstić information content (AvgIpc) is 2.10. The van der Waals surface area contributed by atoms with Crippen LogP contribution in [0.1, 0.15) is 45.4 Å². The van der Waals surface area contributed by atoms with Gasteiger partial charge in [0, 0.05) is 32.7 Å². The van der Waals surface area contributed by atoms with Crippen molar-refractivity contribution in [1.29, 1.82) is 5.26 Å². The van der Waals surface area contributed by atoms with Crippen molar-refractivity contribution in [2.45, 2.75) is 38.5 Å². The normalized spacial score (nSPS) is 14.1. The Hall–Kier alpha value is -9.71. The number of alkyl halides is 4. The maximum atomic E-state index is 18.2. The molecule has 1 aliphatic carbocycles. The van der Waals surface area contributed by atoms with Crippen molar-refractivity contribution in [2.75, 3.05) is 0 Å². The summed E-state index contributed by atoms with van der Waals surface area (Å²) in [6, 6.07) is 79.3. The molecule has 0 radical (unpaired) electrons. The molecule has 2 aliphatic rings. The van der Waals surface area contributed by atoms with Crippen LogP contribution in [0.4, 0.5) is 17.6 Å². The molecule has 3 nitrogen and oxygen atoms in total. The van der Waals surface area contributed by atoms with E-state index in [0.29, 0.717) is 28.5 Å². The zero-order valence-electron chi connectivity index (χ0n) is 44.3. The number of nitriles is 1. The lowest BCUT2D eigenvalue weighted by Crippen LogP contribution is -2.61. The number of aryl methyl sites for hydroxylation is 2. The number of halogens is 4. The lowest BCUT2D eigenvalue weighted by molar-refractivity contribution is -0.0922. The fraction of sp³-hybridized carbons (Fsp3) is 0.0822. The summed E-state index contributed by atoms with van der Waals surface area (Å²) < 4.78 is 76.1. The lowest BCUT2D eigenvalue weighted by Gasteiger charge is -2.35. The Morgan fingerprint density at radius 3 is 1.09 bits per heavy atom. The smallest absolute Gasteiger partial charge is 0.281 e. The second-order valence-electron chi connectivity index (χ2n) is 21.9. The van der Waals surface area contributed by atoms with Crippen molar-refractivity contribution in [3.8, 4) is 62.0 Å². The number of hydrogen-bond donors (Lipinski definition) is 0. The number of aromatic nitrogens is 2. The van der Waals surface area contributed by atoms with Crippen molar-refractivity contribution < 1.29 is 17.6 Å². The predicted octanol–water partition coefficient (Wildman–Crippen LogP) is 17.0. The molecule has 0 unspecified atom stereocenters. The third-order valence-electron chi connectivity index (χ3n) is 17.3. The molecule has 13 aromatic rings. The predicted molar refractivity (Wildman–Crippen MR) is 324 cm³/mol. The van der Waals surface area contributed by atoms with E-state index in [-0.39, 0.29) is 16.8 Å². The molecule has 81 heavy (non-hydrogen) atoms. The zero-order chi connectivity index (χ0) is 54.9. The van der Waals surface area contributed by atoms with Crippen LogP contribution in [0.15, 0.2) is 231 Å². The van der Waals surface area contributed by atoms with Crippen molar-refractivity contribution in [1.82, 2.24) is 9.13 Å². The number of benzene rings is 11. The highest BCUT2D eigenvalue weighted by Crippen LogP contribution is 2.57. The topological polar surface area (TPSA) is 33.6 Å². The molecule has 0 bridgehead atoms. The molecule has 0 saturated heterocycles. The first-order valence-corrected chi connectivity index (χ1v) is 27.4. The zero-order valence-corrected chi connectivity index (χ0v) is 44.3. The van der Waals surface area contributed by atoms with Gasteiger partial charge < -0.3 is 9.13 Å². The first kappa shape index (κ1) is 48.4. The molecule has 0 N–H and O–H groups in total. The van der Waals surface area contributed by atoms with E-state index in [1.54, 1.807) is 0 Å². The molecule has 0 spiro atoms. The minimum absolute atomic E-state index is 0.0573. The van der Waals surface area contributed by atoms with Crippen LogP contribution in [0.5, 0.6) is 0 Å². The Bertz CT molecular complexity index is 4540. The van der Waals surface area contributed by atoms with Crippen LogP contribution in [0, 0.1) is 25.2 Å².